The van der Waals surface area contributed by atoms with E-state index < -0.39 is 6.04 Å². The molecule has 1 rings (SSSR count). The number of rotatable bonds is 6. The highest BCUT2D eigenvalue weighted by molar-refractivity contribution is 7.98. The molecular weight excluding hydrogens is 244 g/mol. The monoisotopic (exact) mass is 266 g/mol. The number of likely N-dealkylation sites (N-methyl/N-ethyl adjacent to an activating group) is 1. The van der Waals surface area contributed by atoms with Crippen LogP contribution in [-0.2, 0) is 4.79 Å². The van der Waals surface area contributed by atoms with Crippen LogP contribution in [0.25, 0.3) is 0 Å². The van der Waals surface area contributed by atoms with Gasteiger partial charge in [0.15, 0.2) is 0 Å². The van der Waals surface area contributed by atoms with E-state index in [1.807, 2.05) is 38.2 Å². The first kappa shape index (κ1) is 15.1. The molecule has 0 heterocycles. The van der Waals surface area contributed by atoms with Crippen LogP contribution in [0.2, 0.25) is 0 Å². The summed E-state index contributed by atoms with van der Waals surface area (Å²) in [6.45, 7) is 2.78. The molecule has 2 N–H and O–H groups in total. The predicted octanol–water partition coefficient (Wildman–Crippen LogP) is 2.21. The Labute approximate surface area is 114 Å². The summed E-state index contributed by atoms with van der Waals surface area (Å²) in [5.41, 5.74) is 8.05. The van der Waals surface area contributed by atoms with E-state index >= 15 is 0 Å². The maximum absolute atomic E-state index is 12.1. The second-order valence-corrected chi connectivity index (χ2v) is 5.48. The van der Waals surface area contributed by atoms with E-state index in [0.717, 1.165) is 24.3 Å². The Morgan fingerprint density at radius 3 is 2.56 bits per heavy atom. The third-order valence-electron chi connectivity index (χ3n) is 2.92. The van der Waals surface area contributed by atoms with Crippen molar-refractivity contribution in [3.8, 4) is 0 Å². The van der Waals surface area contributed by atoms with Crippen LogP contribution in [0.3, 0.4) is 0 Å². The van der Waals surface area contributed by atoms with Crippen LogP contribution < -0.4 is 5.73 Å². The number of carbonyl (C=O) groups excluding carboxylic acids is 1. The van der Waals surface area contributed by atoms with Crippen LogP contribution in [0.4, 0.5) is 0 Å². The number of carbonyl (C=O) groups is 1. The van der Waals surface area contributed by atoms with Gasteiger partial charge in [-0.05, 0) is 30.9 Å². The molecule has 0 aliphatic heterocycles. The molecule has 1 aromatic rings. The summed E-state index contributed by atoms with van der Waals surface area (Å²) in [5, 5.41) is 0. The second-order valence-electron chi connectivity index (χ2n) is 4.49. The van der Waals surface area contributed by atoms with Gasteiger partial charge in [-0.25, -0.2) is 0 Å². The lowest BCUT2D eigenvalue weighted by atomic mass is 10.0. The highest BCUT2D eigenvalue weighted by Crippen LogP contribution is 2.14. The van der Waals surface area contributed by atoms with Crippen molar-refractivity contribution in [3.05, 3.63) is 35.4 Å². The highest BCUT2D eigenvalue weighted by Gasteiger charge is 2.19. The molecule has 0 saturated carbocycles. The maximum atomic E-state index is 12.1. The van der Waals surface area contributed by atoms with E-state index in [4.69, 9.17) is 5.73 Å². The SMILES string of the molecule is CSCCCN(C)C(=O)C(N)c1ccc(C)cc1. The zero-order valence-corrected chi connectivity index (χ0v) is 12.2. The summed E-state index contributed by atoms with van der Waals surface area (Å²) in [4.78, 5) is 13.8. The number of amides is 1. The molecule has 0 aliphatic carbocycles. The van der Waals surface area contributed by atoms with Gasteiger partial charge in [0.2, 0.25) is 5.91 Å². The fraction of sp³-hybridized carbons (Fsp3) is 0.500. The van der Waals surface area contributed by atoms with Gasteiger partial charge in [-0.3, -0.25) is 4.79 Å². The zero-order chi connectivity index (χ0) is 13.5. The first-order valence-corrected chi connectivity index (χ1v) is 7.51. The van der Waals surface area contributed by atoms with Gasteiger partial charge in [-0.15, -0.1) is 0 Å². The molecule has 4 heteroatoms. The van der Waals surface area contributed by atoms with Crippen molar-refractivity contribution in [2.75, 3.05) is 25.6 Å². The van der Waals surface area contributed by atoms with Crippen LogP contribution in [0, 0.1) is 6.92 Å². The molecule has 18 heavy (non-hydrogen) atoms. The molecule has 0 fully saturated rings. The van der Waals surface area contributed by atoms with E-state index in [2.05, 4.69) is 6.26 Å². The number of hydrogen-bond donors (Lipinski definition) is 1. The van der Waals surface area contributed by atoms with E-state index in [-0.39, 0.29) is 5.91 Å². The molecular formula is C14H22N2OS. The Kier molecular flexibility index (Phi) is 6.22. The van der Waals surface area contributed by atoms with E-state index in [1.165, 1.54) is 5.56 Å². The number of nitrogens with zero attached hydrogens (tertiary/aromatic N) is 1. The first-order chi connectivity index (χ1) is 8.56. The zero-order valence-electron chi connectivity index (χ0n) is 11.3. The minimum absolute atomic E-state index is 0.0139. The number of nitrogens with two attached hydrogens (primary N) is 1. The van der Waals surface area contributed by atoms with Crippen molar-refractivity contribution >= 4 is 17.7 Å². The van der Waals surface area contributed by atoms with Crippen LogP contribution in [0.15, 0.2) is 24.3 Å². The lowest BCUT2D eigenvalue weighted by molar-refractivity contribution is -0.131. The number of hydrogen-bond acceptors (Lipinski definition) is 3. The average Bonchev–Trinajstić information content (AvgIpc) is 2.38. The standard InChI is InChI=1S/C14H22N2OS/c1-11-5-7-12(8-6-11)13(15)14(17)16(2)9-4-10-18-3/h5-8,13H,4,9-10,15H2,1-3H3. The minimum atomic E-state index is -0.551. The molecule has 0 spiro atoms. The van der Waals surface area contributed by atoms with Crippen molar-refractivity contribution in [2.45, 2.75) is 19.4 Å². The predicted molar refractivity (Wildman–Crippen MR) is 78.7 cm³/mol. The van der Waals surface area contributed by atoms with Crippen molar-refractivity contribution in [3.63, 3.8) is 0 Å². The molecule has 1 unspecified atom stereocenters. The summed E-state index contributed by atoms with van der Waals surface area (Å²) in [5.74, 6) is 1.05. The molecule has 0 aromatic heterocycles. The van der Waals surface area contributed by atoms with Crippen LogP contribution in [-0.4, -0.2) is 36.4 Å². The lowest BCUT2D eigenvalue weighted by Crippen LogP contribution is -2.36. The van der Waals surface area contributed by atoms with Crippen molar-refractivity contribution in [1.29, 1.82) is 0 Å². The second kappa shape index (κ2) is 7.44. The molecule has 100 valence electrons. The Morgan fingerprint density at radius 2 is 2.00 bits per heavy atom. The third kappa shape index (κ3) is 4.35. The maximum Gasteiger partial charge on any atom is 0.243 e. The van der Waals surface area contributed by atoms with E-state index in [0.29, 0.717) is 0 Å². The largest absolute Gasteiger partial charge is 0.344 e. The molecule has 3 nitrogen and oxygen atoms in total. The van der Waals surface area contributed by atoms with Crippen LogP contribution >= 0.6 is 11.8 Å². The van der Waals surface area contributed by atoms with Gasteiger partial charge in [0, 0.05) is 13.6 Å². The molecule has 1 atom stereocenters. The fourth-order valence-electron chi connectivity index (χ4n) is 1.71. The van der Waals surface area contributed by atoms with Gasteiger partial charge < -0.3 is 10.6 Å². The smallest absolute Gasteiger partial charge is 0.243 e. The van der Waals surface area contributed by atoms with Crippen LogP contribution in [0.5, 0.6) is 0 Å². The number of thioether (sulfide) groups is 1. The Morgan fingerprint density at radius 1 is 1.39 bits per heavy atom. The quantitative estimate of drug-likeness (QED) is 0.803. The Hall–Kier alpha value is -1.00. The molecule has 0 bridgehead atoms. The normalized spacial score (nSPS) is 12.2. The van der Waals surface area contributed by atoms with Gasteiger partial charge in [-0.1, -0.05) is 29.8 Å². The summed E-state index contributed by atoms with van der Waals surface area (Å²) in [6, 6.07) is 7.26. The minimum Gasteiger partial charge on any atom is -0.344 e. The third-order valence-corrected chi connectivity index (χ3v) is 3.62. The van der Waals surface area contributed by atoms with E-state index in [1.54, 1.807) is 16.7 Å². The number of aryl methyl sites for hydroxylation is 1. The van der Waals surface area contributed by atoms with Gasteiger partial charge in [0.25, 0.3) is 0 Å². The highest BCUT2D eigenvalue weighted by atomic mass is 32.2. The van der Waals surface area contributed by atoms with Crippen molar-refractivity contribution in [1.82, 2.24) is 4.90 Å². The molecule has 0 saturated heterocycles. The fourth-order valence-corrected chi connectivity index (χ4v) is 2.13. The molecule has 1 aromatic carbocycles. The van der Waals surface area contributed by atoms with Gasteiger partial charge in [-0.2, -0.15) is 11.8 Å². The number of benzene rings is 1. The van der Waals surface area contributed by atoms with Gasteiger partial charge in [0.1, 0.15) is 6.04 Å². The van der Waals surface area contributed by atoms with E-state index in [9.17, 15) is 4.79 Å². The molecule has 0 aliphatic rings. The average molecular weight is 266 g/mol. The topological polar surface area (TPSA) is 46.3 Å². The summed E-state index contributed by atoms with van der Waals surface area (Å²) in [6.07, 6.45) is 3.07. The summed E-state index contributed by atoms with van der Waals surface area (Å²) < 4.78 is 0. The Balaban J connectivity index is 2.57. The summed E-state index contributed by atoms with van der Waals surface area (Å²) in [7, 11) is 1.82. The molecule has 1 amide bonds. The van der Waals surface area contributed by atoms with Crippen molar-refractivity contribution < 1.29 is 4.79 Å². The van der Waals surface area contributed by atoms with Gasteiger partial charge >= 0.3 is 0 Å². The molecule has 0 radical (unpaired) electrons. The lowest BCUT2D eigenvalue weighted by Gasteiger charge is -2.21. The van der Waals surface area contributed by atoms with Gasteiger partial charge in [0.05, 0.1) is 0 Å². The summed E-state index contributed by atoms with van der Waals surface area (Å²) >= 11 is 1.79. The Bertz CT molecular complexity index is 378. The van der Waals surface area contributed by atoms with Crippen molar-refractivity contribution in [2.24, 2.45) is 5.73 Å². The first-order valence-electron chi connectivity index (χ1n) is 6.12. The van der Waals surface area contributed by atoms with Crippen LogP contribution in [0.1, 0.15) is 23.6 Å².